The summed E-state index contributed by atoms with van der Waals surface area (Å²) in [5.74, 6) is 0.0678. The van der Waals surface area contributed by atoms with Gasteiger partial charge in [-0.05, 0) is 54.4 Å². The Balaban J connectivity index is 2.15. The van der Waals surface area contributed by atoms with E-state index in [1.165, 1.54) is 18.3 Å². The molecule has 0 aliphatic carbocycles. The minimum absolute atomic E-state index is 0.139. The molecule has 2 rings (SSSR count). The van der Waals surface area contributed by atoms with Gasteiger partial charge in [0.05, 0.1) is 18.2 Å². The maximum Gasteiger partial charge on any atom is 0.276 e. The van der Waals surface area contributed by atoms with Crippen molar-refractivity contribution >= 4 is 16.2 Å². The first-order valence-corrected chi connectivity index (χ1v) is 7.86. The van der Waals surface area contributed by atoms with Crippen molar-refractivity contribution in [1.29, 1.82) is 0 Å². The maximum atomic E-state index is 13.2. The van der Waals surface area contributed by atoms with E-state index in [4.69, 9.17) is 4.74 Å². The number of nitrogens with zero attached hydrogens (tertiary/aromatic N) is 1. The van der Waals surface area contributed by atoms with Gasteiger partial charge in [-0.3, -0.25) is 0 Å². The predicted molar refractivity (Wildman–Crippen MR) is 82.0 cm³/mol. The third-order valence-corrected chi connectivity index (χ3v) is 4.31. The first kappa shape index (κ1) is 16.0. The SMILES string of the molecule is COc1ccc(C=NNS(=O)(=O)c2cc(F)ccc2C)cc1. The lowest BCUT2D eigenvalue weighted by Gasteiger charge is -2.06. The zero-order valence-electron chi connectivity index (χ0n) is 12.1. The fraction of sp³-hybridized carbons (Fsp3) is 0.133. The van der Waals surface area contributed by atoms with Gasteiger partial charge in [0.15, 0.2) is 0 Å². The summed E-state index contributed by atoms with van der Waals surface area (Å²) in [7, 11) is -2.35. The molecule has 2 aromatic rings. The number of sulfonamides is 1. The summed E-state index contributed by atoms with van der Waals surface area (Å²) in [5.41, 5.74) is 1.13. The molecule has 0 bridgehead atoms. The van der Waals surface area contributed by atoms with Gasteiger partial charge in [-0.15, -0.1) is 0 Å². The second-order valence-electron chi connectivity index (χ2n) is 4.54. The van der Waals surface area contributed by atoms with Crippen molar-refractivity contribution in [2.45, 2.75) is 11.8 Å². The third kappa shape index (κ3) is 3.82. The van der Waals surface area contributed by atoms with E-state index in [-0.39, 0.29) is 4.90 Å². The van der Waals surface area contributed by atoms with Crippen LogP contribution in [-0.2, 0) is 10.0 Å². The molecule has 2 aromatic carbocycles. The molecule has 0 heterocycles. The predicted octanol–water partition coefficient (Wildman–Crippen LogP) is 2.46. The van der Waals surface area contributed by atoms with E-state index in [0.717, 1.165) is 6.07 Å². The van der Waals surface area contributed by atoms with Crippen LogP contribution in [0.4, 0.5) is 4.39 Å². The summed E-state index contributed by atoms with van der Waals surface area (Å²) in [4.78, 5) is 1.92. The van der Waals surface area contributed by atoms with Gasteiger partial charge < -0.3 is 4.74 Å². The minimum Gasteiger partial charge on any atom is -0.497 e. The molecule has 0 aliphatic rings. The minimum atomic E-state index is -3.91. The summed E-state index contributed by atoms with van der Waals surface area (Å²) >= 11 is 0. The Bertz CT molecular complexity index is 787. The quantitative estimate of drug-likeness (QED) is 0.679. The fourth-order valence-electron chi connectivity index (χ4n) is 1.77. The van der Waals surface area contributed by atoms with E-state index in [1.54, 1.807) is 38.3 Å². The van der Waals surface area contributed by atoms with E-state index >= 15 is 0 Å². The third-order valence-electron chi connectivity index (χ3n) is 2.94. The van der Waals surface area contributed by atoms with Crippen LogP contribution in [0.25, 0.3) is 0 Å². The van der Waals surface area contributed by atoms with Crippen molar-refractivity contribution < 1.29 is 17.5 Å². The molecule has 0 unspecified atom stereocenters. The maximum absolute atomic E-state index is 13.2. The van der Waals surface area contributed by atoms with E-state index < -0.39 is 15.8 Å². The van der Waals surface area contributed by atoms with Crippen LogP contribution in [0.5, 0.6) is 5.75 Å². The molecular weight excluding hydrogens is 307 g/mol. The number of aryl methyl sites for hydroxylation is 1. The molecule has 5 nitrogen and oxygen atoms in total. The molecule has 0 radical (unpaired) electrons. The van der Waals surface area contributed by atoms with Crippen LogP contribution >= 0.6 is 0 Å². The molecule has 1 N–H and O–H groups in total. The van der Waals surface area contributed by atoms with Gasteiger partial charge in [-0.1, -0.05) is 6.07 Å². The van der Waals surface area contributed by atoms with Crippen LogP contribution in [0.3, 0.4) is 0 Å². The summed E-state index contributed by atoms with van der Waals surface area (Å²) in [6.07, 6.45) is 1.35. The summed E-state index contributed by atoms with van der Waals surface area (Å²) in [5, 5.41) is 3.69. The van der Waals surface area contributed by atoms with E-state index in [9.17, 15) is 12.8 Å². The number of benzene rings is 2. The van der Waals surface area contributed by atoms with Crippen molar-refractivity contribution in [2.75, 3.05) is 7.11 Å². The van der Waals surface area contributed by atoms with Crippen molar-refractivity contribution in [3.05, 3.63) is 59.4 Å². The van der Waals surface area contributed by atoms with E-state index in [0.29, 0.717) is 16.9 Å². The van der Waals surface area contributed by atoms with Crippen LogP contribution in [0.2, 0.25) is 0 Å². The van der Waals surface area contributed by atoms with Crippen LogP contribution in [0.15, 0.2) is 52.5 Å². The van der Waals surface area contributed by atoms with Crippen LogP contribution < -0.4 is 9.57 Å². The van der Waals surface area contributed by atoms with Crippen molar-refractivity contribution in [1.82, 2.24) is 4.83 Å². The first-order valence-electron chi connectivity index (χ1n) is 6.37. The van der Waals surface area contributed by atoms with Crippen molar-refractivity contribution in [3.8, 4) is 5.75 Å². The van der Waals surface area contributed by atoms with Gasteiger partial charge in [0.2, 0.25) is 0 Å². The number of rotatable bonds is 5. The number of hydrogen-bond acceptors (Lipinski definition) is 4. The zero-order chi connectivity index (χ0) is 16.2. The number of hydrogen-bond donors (Lipinski definition) is 1. The van der Waals surface area contributed by atoms with Gasteiger partial charge in [0.25, 0.3) is 10.0 Å². The first-order chi connectivity index (χ1) is 10.4. The highest BCUT2D eigenvalue weighted by Crippen LogP contribution is 2.16. The molecule has 0 aliphatic heterocycles. The highest BCUT2D eigenvalue weighted by molar-refractivity contribution is 7.89. The molecule has 0 saturated carbocycles. The Morgan fingerprint density at radius 3 is 2.50 bits per heavy atom. The van der Waals surface area contributed by atoms with Crippen molar-refractivity contribution in [3.63, 3.8) is 0 Å². The molecule has 0 atom stereocenters. The van der Waals surface area contributed by atoms with Crippen LogP contribution in [-0.4, -0.2) is 21.7 Å². The zero-order valence-corrected chi connectivity index (χ0v) is 12.9. The van der Waals surface area contributed by atoms with E-state index in [1.807, 2.05) is 0 Å². The largest absolute Gasteiger partial charge is 0.497 e. The van der Waals surface area contributed by atoms with Crippen LogP contribution in [0.1, 0.15) is 11.1 Å². The summed E-state index contributed by atoms with van der Waals surface area (Å²) in [6, 6.07) is 10.5. The average molecular weight is 322 g/mol. The topological polar surface area (TPSA) is 67.8 Å². The monoisotopic (exact) mass is 322 g/mol. The lowest BCUT2D eigenvalue weighted by atomic mass is 10.2. The molecule has 7 heteroatoms. The molecule has 0 amide bonds. The summed E-state index contributed by atoms with van der Waals surface area (Å²) in [6.45, 7) is 1.58. The second-order valence-corrected chi connectivity index (χ2v) is 6.17. The molecule has 0 fully saturated rings. The number of hydrazone groups is 1. The lowest BCUT2D eigenvalue weighted by Crippen LogP contribution is -2.19. The molecule has 0 spiro atoms. The van der Waals surface area contributed by atoms with Crippen molar-refractivity contribution in [2.24, 2.45) is 5.10 Å². The Labute approximate surface area is 128 Å². The number of halogens is 1. The Morgan fingerprint density at radius 2 is 1.86 bits per heavy atom. The van der Waals surface area contributed by atoms with Gasteiger partial charge in [-0.25, -0.2) is 9.22 Å². The number of ether oxygens (including phenoxy) is 1. The Morgan fingerprint density at radius 1 is 1.18 bits per heavy atom. The number of nitrogens with one attached hydrogen (secondary N) is 1. The molecule has 0 saturated heterocycles. The Hall–Kier alpha value is -2.41. The fourth-order valence-corrected chi connectivity index (χ4v) is 2.82. The normalized spacial score (nSPS) is 11.6. The molecule has 22 heavy (non-hydrogen) atoms. The lowest BCUT2D eigenvalue weighted by molar-refractivity contribution is 0.415. The van der Waals surface area contributed by atoms with Gasteiger partial charge in [0.1, 0.15) is 11.6 Å². The average Bonchev–Trinajstić information content (AvgIpc) is 2.50. The van der Waals surface area contributed by atoms with Gasteiger partial charge in [0, 0.05) is 0 Å². The molecular formula is C15H15FN2O3S. The standard InChI is InChI=1S/C15H15FN2O3S/c1-11-3-6-13(16)9-15(11)22(19,20)18-17-10-12-4-7-14(21-2)8-5-12/h3-10,18H,1-2H3. The molecule has 116 valence electrons. The van der Waals surface area contributed by atoms with Gasteiger partial charge >= 0.3 is 0 Å². The second kappa shape index (κ2) is 6.57. The van der Waals surface area contributed by atoms with E-state index in [2.05, 4.69) is 9.93 Å². The number of methoxy groups -OCH3 is 1. The van der Waals surface area contributed by atoms with Gasteiger partial charge in [-0.2, -0.15) is 13.5 Å². The Kier molecular flexibility index (Phi) is 4.77. The highest BCUT2D eigenvalue weighted by Gasteiger charge is 2.16. The summed E-state index contributed by atoms with van der Waals surface area (Å²) < 4.78 is 42.4. The highest BCUT2D eigenvalue weighted by atomic mass is 32.2. The smallest absolute Gasteiger partial charge is 0.276 e. The van der Waals surface area contributed by atoms with Crippen LogP contribution in [0, 0.1) is 12.7 Å². The molecule has 0 aromatic heterocycles.